The zero-order chi connectivity index (χ0) is 17.3. The Morgan fingerprint density at radius 2 is 1.46 bits per heavy atom. The Labute approximate surface area is 153 Å². The summed E-state index contributed by atoms with van der Waals surface area (Å²) in [5.41, 5.74) is 7.23. The number of fused-ring (bicyclic) bond motifs is 3. The minimum atomic E-state index is 0.869. The number of para-hydroxylation sites is 2. The summed E-state index contributed by atoms with van der Waals surface area (Å²) in [5.74, 6) is 0. The predicted octanol–water partition coefficient (Wildman–Crippen LogP) is 5.06. The van der Waals surface area contributed by atoms with E-state index in [0.29, 0.717) is 0 Å². The largest absolute Gasteiger partial charge is 0.362 e. The first-order valence-electron chi connectivity index (χ1n) is 8.91. The third-order valence-electron chi connectivity index (χ3n) is 4.89. The van der Waals surface area contributed by atoms with Gasteiger partial charge in [0.05, 0.1) is 11.4 Å². The first-order valence-corrected chi connectivity index (χ1v) is 8.91. The normalized spacial score (nSPS) is 12.5. The summed E-state index contributed by atoms with van der Waals surface area (Å²) in [4.78, 5) is 2.43. The fourth-order valence-electron chi connectivity index (χ4n) is 3.65. The summed E-state index contributed by atoms with van der Waals surface area (Å²) in [6.07, 6.45) is 2.17. The number of hydrogen-bond donors (Lipinski definition) is 0. The Morgan fingerprint density at radius 3 is 2.27 bits per heavy atom. The molecule has 3 nitrogen and oxygen atoms in total. The van der Waals surface area contributed by atoms with Gasteiger partial charge in [-0.3, -0.25) is 0 Å². The molecule has 0 atom stereocenters. The van der Waals surface area contributed by atoms with Gasteiger partial charge in [-0.15, -0.1) is 0 Å². The standard InChI is InChI=1S/C23H19N3/c1-3-9-18(10-4-1)15-25-16-19-17-26(20-11-5-2-6-12-20)24-23(19)21-13-7-8-14-22(21)25/h1-14,17H,15-16H2. The van der Waals surface area contributed by atoms with Gasteiger partial charge in [-0.2, -0.15) is 5.10 Å². The predicted molar refractivity (Wildman–Crippen MR) is 105 cm³/mol. The molecule has 1 aliphatic heterocycles. The number of benzene rings is 3. The number of hydrogen-bond acceptors (Lipinski definition) is 2. The van der Waals surface area contributed by atoms with Crippen LogP contribution in [0.5, 0.6) is 0 Å². The molecule has 3 heteroatoms. The van der Waals surface area contributed by atoms with Gasteiger partial charge in [-0.25, -0.2) is 4.68 Å². The van der Waals surface area contributed by atoms with Crippen molar-refractivity contribution in [2.24, 2.45) is 0 Å². The van der Waals surface area contributed by atoms with Crippen molar-refractivity contribution in [3.63, 3.8) is 0 Å². The summed E-state index contributed by atoms with van der Waals surface area (Å²) in [5, 5.41) is 4.89. The average molecular weight is 337 g/mol. The molecule has 0 N–H and O–H groups in total. The molecule has 3 aromatic carbocycles. The maximum atomic E-state index is 4.89. The molecule has 0 radical (unpaired) electrons. The van der Waals surface area contributed by atoms with Crippen molar-refractivity contribution in [2.75, 3.05) is 4.90 Å². The second-order valence-electron chi connectivity index (χ2n) is 6.64. The lowest BCUT2D eigenvalue weighted by atomic mass is 9.99. The van der Waals surface area contributed by atoms with E-state index in [0.717, 1.165) is 24.5 Å². The Balaban J connectivity index is 1.57. The smallest absolute Gasteiger partial charge is 0.0998 e. The van der Waals surface area contributed by atoms with Crippen molar-refractivity contribution < 1.29 is 0 Å². The molecule has 0 spiro atoms. The van der Waals surface area contributed by atoms with Crippen molar-refractivity contribution in [1.29, 1.82) is 0 Å². The SMILES string of the molecule is c1ccc(CN2Cc3cn(-c4ccccc4)nc3-c3ccccc32)cc1. The number of rotatable bonds is 3. The van der Waals surface area contributed by atoms with E-state index in [9.17, 15) is 0 Å². The van der Waals surface area contributed by atoms with Crippen LogP contribution in [0.1, 0.15) is 11.1 Å². The molecule has 5 rings (SSSR count). The molecule has 0 fully saturated rings. The highest BCUT2D eigenvalue weighted by Gasteiger charge is 2.25. The summed E-state index contributed by atoms with van der Waals surface area (Å²) in [7, 11) is 0. The maximum Gasteiger partial charge on any atom is 0.0998 e. The zero-order valence-corrected chi connectivity index (χ0v) is 14.4. The highest BCUT2D eigenvalue weighted by Crippen LogP contribution is 2.39. The third-order valence-corrected chi connectivity index (χ3v) is 4.89. The van der Waals surface area contributed by atoms with E-state index >= 15 is 0 Å². The Bertz CT molecular complexity index is 1040. The van der Waals surface area contributed by atoms with Crippen molar-refractivity contribution in [3.8, 4) is 16.9 Å². The second-order valence-corrected chi connectivity index (χ2v) is 6.64. The third kappa shape index (κ3) is 2.58. The van der Waals surface area contributed by atoms with Crippen LogP contribution in [0.4, 0.5) is 5.69 Å². The van der Waals surface area contributed by atoms with E-state index in [2.05, 4.69) is 77.8 Å². The van der Waals surface area contributed by atoms with Crippen LogP contribution < -0.4 is 4.90 Å². The molecule has 0 amide bonds. The van der Waals surface area contributed by atoms with Crippen molar-refractivity contribution in [1.82, 2.24) is 9.78 Å². The van der Waals surface area contributed by atoms with Gasteiger partial charge in [0.2, 0.25) is 0 Å². The van der Waals surface area contributed by atoms with Crippen LogP contribution >= 0.6 is 0 Å². The molecule has 0 aliphatic carbocycles. The molecule has 126 valence electrons. The van der Waals surface area contributed by atoms with Gasteiger partial charge >= 0.3 is 0 Å². The fourth-order valence-corrected chi connectivity index (χ4v) is 3.65. The number of nitrogens with zero attached hydrogens (tertiary/aromatic N) is 3. The minimum absolute atomic E-state index is 0.869. The van der Waals surface area contributed by atoms with E-state index < -0.39 is 0 Å². The topological polar surface area (TPSA) is 21.1 Å². The zero-order valence-electron chi connectivity index (χ0n) is 14.4. The van der Waals surface area contributed by atoms with E-state index in [1.165, 1.54) is 22.4 Å². The molecule has 4 aromatic rings. The van der Waals surface area contributed by atoms with Gasteiger partial charge in [0.1, 0.15) is 0 Å². The molecule has 0 unspecified atom stereocenters. The Hall–Kier alpha value is -3.33. The van der Waals surface area contributed by atoms with Crippen LogP contribution in [0, 0.1) is 0 Å². The summed E-state index contributed by atoms with van der Waals surface area (Å²) >= 11 is 0. The molecule has 0 bridgehead atoms. The van der Waals surface area contributed by atoms with Crippen LogP contribution in [0.15, 0.2) is 91.1 Å². The van der Waals surface area contributed by atoms with Gasteiger partial charge < -0.3 is 4.90 Å². The fraction of sp³-hybridized carbons (Fsp3) is 0.0870. The van der Waals surface area contributed by atoms with Crippen LogP contribution in [0.25, 0.3) is 16.9 Å². The van der Waals surface area contributed by atoms with Crippen LogP contribution in [0.2, 0.25) is 0 Å². The van der Waals surface area contributed by atoms with Crippen molar-refractivity contribution in [3.05, 3.63) is 102 Å². The average Bonchev–Trinajstić information content (AvgIpc) is 3.14. The highest BCUT2D eigenvalue weighted by atomic mass is 15.3. The first kappa shape index (κ1) is 15.0. The minimum Gasteiger partial charge on any atom is -0.362 e. The molecule has 1 aliphatic rings. The summed E-state index contributed by atoms with van der Waals surface area (Å²) < 4.78 is 1.99. The van der Waals surface area contributed by atoms with Gasteiger partial charge in [0.15, 0.2) is 0 Å². The molecule has 0 saturated carbocycles. The van der Waals surface area contributed by atoms with Crippen molar-refractivity contribution in [2.45, 2.75) is 13.1 Å². The van der Waals surface area contributed by atoms with E-state index in [1.54, 1.807) is 0 Å². The maximum absolute atomic E-state index is 4.89. The summed E-state index contributed by atoms with van der Waals surface area (Å²) in [6, 6.07) is 29.5. The van der Waals surface area contributed by atoms with E-state index in [1.807, 2.05) is 22.9 Å². The number of aromatic nitrogens is 2. The lowest BCUT2D eigenvalue weighted by Crippen LogP contribution is -2.25. The second kappa shape index (κ2) is 6.19. The molecule has 0 saturated heterocycles. The number of anilines is 1. The summed E-state index contributed by atoms with van der Waals surface area (Å²) in [6.45, 7) is 1.77. The van der Waals surface area contributed by atoms with Gasteiger partial charge in [-0.05, 0) is 23.8 Å². The molecular weight excluding hydrogens is 318 g/mol. The molecule has 2 heterocycles. The van der Waals surface area contributed by atoms with Crippen LogP contribution in [-0.4, -0.2) is 9.78 Å². The molecule has 26 heavy (non-hydrogen) atoms. The monoisotopic (exact) mass is 337 g/mol. The Kier molecular flexibility index (Phi) is 3.56. The first-order chi connectivity index (χ1) is 12.9. The van der Waals surface area contributed by atoms with E-state index in [-0.39, 0.29) is 0 Å². The quantitative estimate of drug-likeness (QED) is 0.521. The lowest BCUT2D eigenvalue weighted by molar-refractivity contribution is 0.792. The molecular formula is C23H19N3. The van der Waals surface area contributed by atoms with Gasteiger partial charge in [0, 0.05) is 36.1 Å². The lowest BCUT2D eigenvalue weighted by Gasteiger charge is -2.30. The Morgan fingerprint density at radius 1 is 0.769 bits per heavy atom. The highest BCUT2D eigenvalue weighted by molar-refractivity contribution is 5.81. The van der Waals surface area contributed by atoms with Crippen LogP contribution in [0.3, 0.4) is 0 Å². The van der Waals surface area contributed by atoms with Gasteiger partial charge in [0.25, 0.3) is 0 Å². The van der Waals surface area contributed by atoms with Gasteiger partial charge in [-0.1, -0.05) is 66.7 Å². The molecule has 1 aromatic heterocycles. The van der Waals surface area contributed by atoms with Crippen LogP contribution in [-0.2, 0) is 13.1 Å². The van der Waals surface area contributed by atoms with E-state index in [4.69, 9.17) is 5.10 Å². The van der Waals surface area contributed by atoms with Crippen molar-refractivity contribution >= 4 is 5.69 Å².